The Morgan fingerprint density at radius 1 is 0.971 bits per heavy atom. The second-order valence-corrected chi connectivity index (χ2v) is 9.18. The Morgan fingerprint density at radius 3 is 2.34 bits per heavy atom. The molecular formula is C29H38N4O2. The van der Waals surface area contributed by atoms with Crippen LogP contribution in [0.5, 0.6) is 5.75 Å². The number of nitrogens with one attached hydrogen (secondary N) is 1. The number of methoxy groups -OCH3 is 1. The van der Waals surface area contributed by atoms with Crippen LogP contribution in [0.3, 0.4) is 0 Å². The van der Waals surface area contributed by atoms with Crippen molar-refractivity contribution in [3.8, 4) is 17.0 Å². The van der Waals surface area contributed by atoms with E-state index in [9.17, 15) is 4.79 Å². The SMILES string of the molecule is CCCn1c(-c2ccccc2)cc(C(=O)NCCCN2CCN(c3ccc(OC)cc3)CC2)c1C. The molecule has 0 radical (unpaired) electrons. The van der Waals surface area contributed by atoms with Gasteiger partial charge in [0.2, 0.25) is 0 Å². The Bertz CT molecular complexity index is 1080. The first-order valence-corrected chi connectivity index (χ1v) is 12.8. The smallest absolute Gasteiger partial charge is 0.253 e. The summed E-state index contributed by atoms with van der Waals surface area (Å²) >= 11 is 0. The summed E-state index contributed by atoms with van der Waals surface area (Å²) in [5.41, 5.74) is 5.34. The molecule has 35 heavy (non-hydrogen) atoms. The van der Waals surface area contributed by atoms with E-state index < -0.39 is 0 Å². The summed E-state index contributed by atoms with van der Waals surface area (Å²) < 4.78 is 7.53. The molecular weight excluding hydrogens is 436 g/mol. The first-order chi connectivity index (χ1) is 17.1. The van der Waals surface area contributed by atoms with Gasteiger partial charge < -0.3 is 19.5 Å². The fourth-order valence-corrected chi connectivity index (χ4v) is 4.86. The van der Waals surface area contributed by atoms with Crippen LogP contribution >= 0.6 is 0 Å². The van der Waals surface area contributed by atoms with Crippen LogP contribution in [0, 0.1) is 6.92 Å². The van der Waals surface area contributed by atoms with Gasteiger partial charge in [0.05, 0.1) is 12.7 Å². The van der Waals surface area contributed by atoms with E-state index >= 15 is 0 Å². The van der Waals surface area contributed by atoms with Gasteiger partial charge in [-0.1, -0.05) is 37.3 Å². The van der Waals surface area contributed by atoms with Gasteiger partial charge in [0, 0.05) is 56.3 Å². The number of aromatic nitrogens is 1. The van der Waals surface area contributed by atoms with E-state index in [0.717, 1.165) is 80.4 Å². The molecule has 0 bridgehead atoms. The van der Waals surface area contributed by atoms with E-state index in [-0.39, 0.29) is 5.91 Å². The van der Waals surface area contributed by atoms with Crippen LogP contribution in [-0.4, -0.2) is 61.8 Å². The second-order valence-electron chi connectivity index (χ2n) is 9.18. The van der Waals surface area contributed by atoms with E-state index in [1.165, 1.54) is 5.69 Å². The van der Waals surface area contributed by atoms with Gasteiger partial charge in [0.25, 0.3) is 5.91 Å². The summed E-state index contributed by atoms with van der Waals surface area (Å²) in [6.07, 6.45) is 1.98. The summed E-state index contributed by atoms with van der Waals surface area (Å²) in [5, 5.41) is 3.16. The third-order valence-corrected chi connectivity index (χ3v) is 6.87. The van der Waals surface area contributed by atoms with Gasteiger partial charge in [-0.25, -0.2) is 0 Å². The number of carbonyl (C=O) groups is 1. The van der Waals surface area contributed by atoms with E-state index in [0.29, 0.717) is 6.54 Å². The highest BCUT2D eigenvalue weighted by atomic mass is 16.5. The molecule has 1 saturated heterocycles. The minimum absolute atomic E-state index is 0.0267. The van der Waals surface area contributed by atoms with E-state index in [1.807, 2.05) is 36.4 Å². The number of hydrogen-bond acceptors (Lipinski definition) is 4. The quantitative estimate of drug-likeness (QED) is 0.428. The minimum atomic E-state index is 0.0267. The lowest BCUT2D eigenvalue weighted by Gasteiger charge is -2.36. The number of ether oxygens (including phenoxy) is 1. The van der Waals surface area contributed by atoms with Crippen molar-refractivity contribution in [2.45, 2.75) is 33.2 Å². The summed E-state index contributed by atoms with van der Waals surface area (Å²) in [5.74, 6) is 0.918. The van der Waals surface area contributed by atoms with Crippen LogP contribution in [-0.2, 0) is 6.54 Å². The van der Waals surface area contributed by atoms with Crippen LogP contribution in [0.15, 0.2) is 60.7 Å². The Hall–Kier alpha value is -3.25. The third-order valence-electron chi connectivity index (χ3n) is 6.87. The van der Waals surface area contributed by atoms with Gasteiger partial charge in [0.15, 0.2) is 0 Å². The molecule has 2 heterocycles. The summed E-state index contributed by atoms with van der Waals surface area (Å²) in [6, 6.07) is 20.7. The molecule has 3 aromatic rings. The highest BCUT2D eigenvalue weighted by Crippen LogP contribution is 2.26. The molecule has 1 amide bonds. The van der Waals surface area contributed by atoms with E-state index in [2.05, 4.69) is 57.8 Å². The number of rotatable bonds is 10. The average molecular weight is 475 g/mol. The zero-order valence-corrected chi connectivity index (χ0v) is 21.3. The first kappa shape index (κ1) is 24.9. The number of carbonyl (C=O) groups excluding carboxylic acids is 1. The molecule has 1 aromatic heterocycles. The van der Waals surface area contributed by atoms with Gasteiger partial charge in [-0.2, -0.15) is 0 Å². The lowest BCUT2D eigenvalue weighted by molar-refractivity contribution is 0.0950. The molecule has 0 aliphatic carbocycles. The Balaban J connectivity index is 1.25. The van der Waals surface area contributed by atoms with Crippen molar-refractivity contribution in [2.75, 3.05) is 51.3 Å². The van der Waals surface area contributed by atoms with E-state index in [1.54, 1.807) is 7.11 Å². The number of amides is 1. The largest absolute Gasteiger partial charge is 0.497 e. The predicted molar refractivity (Wildman–Crippen MR) is 143 cm³/mol. The average Bonchev–Trinajstić information content (AvgIpc) is 3.23. The number of anilines is 1. The van der Waals surface area contributed by atoms with Crippen molar-refractivity contribution in [3.05, 3.63) is 71.9 Å². The Morgan fingerprint density at radius 2 is 1.69 bits per heavy atom. The normalized spacial score (nSPS) is 14.2. The van der Waals surface area contributed by atoms with Crippen LogP contribution in [0.2, 0.25) is 0 Å². The van der Waals surface area contributed by atoms with Crippen molar-refractivity contribution in [1.82, 2.24) is 14.8 Å². The molecule has 4 rings (SSSR count). The second kappa shape index (κ2) is 11.9. The monoisotopic (exact) mass is 474 g/mol. The van der Waals surface area contributed by atoms with Crippen molar-refractivity contribution >= 4 is 11.6 Å². The lowest BCUT2D eigenvalue weighted by atomic mass is 10.1. The lowest BCUT2D eigenvalue weighted by Crippen LogP contribution is -2.47. The summed E-state index contributed by atoms with van der Waals surface area (Å²) in [4.78, 5) is 17.9. The maximum atomic E-state index is 13.0. The standard InChI is InChI=1S/C29H38N4O2/c1-4-16-33-23(2)27(22-28(33)24-9-6-5-7-10-24)29(34)30-15-8-17-31-18-20-32(21-19-31)25-11-13-26(35-3)14-12-25/h5-7,9-14,22H,4,8,15-21H2,1-3H3,(H,30,34). The zero-order chi connectivity index (χ0) is 24.6. The molecule has 1 fully saturated rings. The van der Waals surface area contributed by atoms with Gasteiger partial charge in [-0.05, 0) is 62.2 Å². The van der Waals surface area contributed by atoms with E-state index in [4.69, 9.17) is 4.74 Å². The molecule has 1 N–H and O–H groups in total. The molecule has 0 unspecified atom stereocenters. The molecule has 0 saturated carbocycles. The molecule has 6 nitrogen and oxygen atoms in total. The predicted octanol–water partition coefficient (Wildman–Crippen LogP) is 4.82. The van der Waals surface area contributed by atoms with Gasteiger partial charge in [-0.15, -0.1) is 0 Å². The number of nitrogens with zero attached hydrogens (tertiary/aromatic N) is 3. The van der Waals surface area contributed by atoms with Crippen molar-refractivity contribution in [3.63, 3.8) is 0 Å². The van der Waals surface area contributed by atoms with Crippen molar-refractivity contribution in [2.24, 2.45) is 0 Å². The molecule has 1 aliphatic rings. The highest BCUT2D eigenvalue weighted by Gasteiger charge is 2.19. The number of benzene rings is 2. The summed E-state index contributed by atoms with van der Waals surface area (Å²) in [7, 11) is 1.70. The Kier molecular flexibility index (Phi) is 8.48. The molecule has 0 atom stereocenters. The van der Waals surface area contributed by atoms with Gasteiger partial charge in [0.1, 0.15) is 5.75 Å². The first-order valence-electron chi connectivity index (χ1n) is 12.8. The maximum Gasteiger partial charge on any atom is 0.253 e. The molecule has 6 heteroatoms. The number of piperazine rings is 1. The van der Waals surface area contributed by atoms with Crippen LogP contribution in [0.1, 0.15) is 35.8 Å². The highest BCUT2D eigenvalue weighted by molar-refractivity contribution is 5.97. The minimum Gasteiger partial charge on any atom is -0.497 e. The fraction of sp³-hybridized carbons (Fsp3) is 0.414. The third kappa shape index (κ3) is 6.06. The van der Waals surface area contributed by atoms with Crippen molar-refractivity contribution < 1.29 is 9.53 Å². The van der Waals surface area contributed by atoms with Crippen LogP contribution in [0.25, 0.3) is 11.3 Å². The molecule has 0 spiro atoms. The Labute approximate surface area is 209 Å². The van der Waals surface area contributed by atoms with Gasteiger partial charge in [-0.3, -0.25) is 9.69 Å². The topological polar surface area (TPSA) is 49.7 Å². The maximum absolute atomic E-state index is 13.0. The van der Waals surface area contributed by atoms with Crippen LogP contribution < -0.4 is 15.0 Å². The zero-order valence-electron chi connectivity index (χ0n) is 21.3. The molecule has 186 valence electrons. The van der Waals surface area contributed by atoms with Crippen LogP contribution in [0.4, 0.5) is 5.69 Å². The number of hydrogen-bond donors (Lipinski definition) is 1. The van der Waals surface area contributed by atoms with Gasteiger partial charge >= 0.3 is 0 Å². The fourth-order valence-electron chi connectivity index (χ4n) is 4.86. The molecule has 1 aliphatic heterocycles. The van der Waals surface area contributed by atoms with Crippen molar-refractivity contribution in [1.29, 1.82) is 0 Å². The summed E-state index contributed by atoms with van der Waals surface area (Å²) in [6.45, 7) is 10.9. The molecule has 2 aromatic carbocycles.